The summed E-state index contributed by atoms with van der Waals surface area (Å²) in [5.74, 6) is -0.588. The molecule has 1 heterocycles. The summed E-state index contributed by atoms with van der Waals surface area (Å²) in [6.07, 6.45) is 0.350. The second kappa shape index (κ2) is 5.14. The van der Waals surface area contributed by atoms with Crippen molar-refractivity contribution in [3.63, 3.8) is 0 Å². The zero-order chi connectivity index (χ0) is 13.2. The van der Waals surface area contributed by atoms with E-state index < -0.39 is 11.9 Å². The van der Waals surface area contributed by atoms with Crippen LogP contribution in [0.1, 0.15) is 27.7 Å². The van der Waals surface area contributed by atoms with Gasteiger partial charge in [-0.15, -0.1) is 0 Å². The van der Waals surface area contributed by atoms with Crippen LogP contribution in [0.25, 0.3) is 0 Å². The van der Waals surface area contributed by atoms with Crippen LogP contribution in [-0.2, 0) is 0 Å². The lowest BCUT2D eigenvalue weighted by molar-refractivity contribution is 0.118. The van der Waals surface area contributed by atoms with Crippen molar-refractivity contribution in [3.8, 4) is 0 Å². The highest BCUT2D eigenvalue weighted by molar-refractivity contribution is 6.28. The van der Waals surface area contributed by atoms with E-state index in [0.29, 0.717) is 0 Å². The van der Waals surface area contributed by atoms with Gasteiger partial charge in [0.25, 0.3) is 0 Å². The van der Waals surface area contributed by atoms with Gasteiger partial charge in [0.1, 0.15) is 0 Å². The number of aliphatic hydroxyl groups is 1. The third-order valence-electron chi connectivity index (χ3n) is 2.42. The first-order valence-corrected chi connectivity index (χ1v) is 5.72. The molecule has 4 nitrogen and oxygen atoms in total. The van der Waals surface area contributed by atoms with E-state index in [4.69, 9.17) is 11.6 Å². The monoisotopic (exact) mass is 261 g/mol. The Kier molecular flexibility index (Phi) is 4.27. The fourth-order valence-electron chi connectivity index (χ4n) is 1.65. The highest BCUT2D eigenvalue weighted by Gasteiger charge is 2.29. The van der Waals surface area contributed by atoms with E-state index in [-0.39, 0.29) is 22.6 Å². The molecule has 0 radical (unpaired) electrons. The molecule has 2 N–H and O–H groups in total. The maximum Gasteiger partial charge on any atom is 0.224 e. The normalized spacial score (nSPS) is 15.5. The zero-order valence-electron chi connectivity index (χ0n) is 10.3. The molecular weight excluding hydrogens is 245 g/mol. The largest absolute Gasteiger partial charge is 0.391 e. The maximum atomic E-state index is 13.5. The zero-order valence-corrected chi connectivity index (χ0v) is 11.1. The number of hydrogen-bond donors (Lipinski definition) is 2. The van der Waals surface area contributed by atoms with Gasteiger partial charge in [-0.05, 0) is 23.9 Å². The van der Waals surface area contributed by atoms with E-state index in [1.807, 2.05) is 20.8 Å². The Morgan fingerprint density at radius 2 is 2.06 bits per heavy atom. The lowest BCUT2D eigenvalue weighted by atomic mass is 9.84. The maximum absolute atomic E-state index is 13.5. The van der Waals surface area contributed by atoms with Crippen LogP contribution < -0.4 is 5.32 Å². The number of nitrogens with one attached hydrogen (secondary N) is 1. The molecule has 0 amide bonds. The minimum absolute atomic E-state index is 0.00539. The van der Waals surface area contributed by atoms with E-state index in [9.17, 15) is 9.50 Å². The lowest BCUT2D eigenvalue weighted by Gasteiger charge is -2.34. The number of hydrogen-bond acceptors (Lipinski definition) is 4. The Morgan fingerprint density at radius 3 is 2.53 bits per heavy atom. The first-order valence-electron chi connectivity index (χ1n) is 5.34. The standard InChI is InChI=1S/C11H17ClFN3O/c1-6(17)8(11(2,3)4)15-9-7(13)5-14-10(12)16-9/h5-6,8,17H,1-4H3,(H,14,15,16)/t6-,8?/m0/s1. The van der Waals surface area contributed by atoms with Crippen molar-refractivity contribution < 1.29 is 9.50 Å². The molecule has 0 aliphatic heterocycles. The van der Waals surface area contributed by atoms with Gasteiger partial charge in [-0.2, -0.15) is 4.98 Å². The van der Waals surface area contributed by atoms with Gasteiger partial charge in [0, 0.05) is 0 Å². The van der Waals surface area contributed by atoms with Gasteiger partial charge in [0.05, 0.1) is 18.3 Å². The van der Waals surface area contributed by atoms with Gasteiger partial charge < -0.3 is 10.4 Å². The fraction of sp³-hybridized carbons (Fsp3) is 0.636. The minimum atomic E-state index is -0.650. The second-order valence-electron chi connectivity index (χ2n) is 5.06. The second-order valence-corrected chi connectivity index (χ2v) is 5.40. The van der Waals surface area contributed by atoms with Gasteiger partial charge >= 0.3 is 0 Å². The third-order valence-corrected chi connectivity index (χ3v) is 2.60. The molecule has 0 aliphatic carbocycles. The predicted molar refractivity (Wildman–Crippen MR) is 65.5 cm³/mol. The van der Waals surface area contributed by atoms with E-state index in [2.05, 4.69) is 15.3 Å². The molecule has 1 unspecified atom stereocenters. The topological polar surface area (TPSA) is 58.0 Å². The van der Waals surface area contributed by atoms with Gasteiger partial charge in [-0.1, -0.05) is 20.8 Å². The minimum Gasteiger partial charge on any atom is -0.391 e. The lowest BCUT2D eigenvalue weighted by Crippen LogP contribution is -2.43. The van der Waals surface area contributed by atoms with Gasteiger partial charge in [-0.25, -0.2) is 9.37 Å². The average molecular weight is 262 g/mol. The van der Waals surface area contributed by atoms with Crippen LogP contribution >= 0.6 is 11.6 Å². The van der Waals surface area contributed by atoms with E-state index in [0.717, 1.165) is 6.20 Å². The number of halogens is 2. The van der Waals surface area contributed by atoms with Gasteiger partial charge in [0.15, 0.2) is 11.6 Å². The summed E-state index contributed by atoms with van der Waals surface area (Å²) in [6, 6.07) is -0.344. The number of anilines is 1. The third kappa shape index (κ3) is 3.78. The predicted octanol–water partition coefficient (Wildman–Crippen LogP) is 2.48. The van der Waals surface area contributed by atoms with Crippen molar-refractivity contribution in [1.29, 1.82) is 0 Å². The van der Waals surface area contributed by atoms with Gasteiger partial charge in [0.2, 0.25) is 5.28 Å². The molecule has 0 fully saturated rings. The first-order chi connectivity index (χ1) is 7.71. The first kappa shape index (κ1) is 14.1. The highest BCUT2D eigenvalue weighted by atomic mass is 35.5. The summed E-state index contributed by atoms with van der Waals surface area (Å²) in [6.45, 7) is 7.47. The fourth-order valence-corrected chi connectivity index (χ4v) is 1.79. The van der Waals surface area contributed by atoms with Crippen LogP contribution in [0.5, 0.6) is 0 Å². The van der Waals surface area contributed by atoms with E-state index >= 15 is 0 Å². The Morgan fingerprint density at radius 1 is 1.47 bits per heavy atom. The van der Waals surface area contributed by atoms with Crippen LogP contribution in [0, 0.1) is 11.2 Å². The van der Waals surface area contributed by atoms with Crippen molar-refractivity contribution in [2.45, 2.75) is 39.8 Å². The van der Waals surface area contributed by atoms with Crippen LogP contribution in [-0.4, -0.2) is 27.2 Å². The Hall–Kier alpha value is -0.940. The van der Waals surface area contributed by atoms with E-state index in [1.54, 1.807) is 6.92 Å². The number of nitrogens with zero attached hydrogens (tertiary/aromatic N) is 2. The van der Waals surface area contributed by atoms with Crippen molar-refractivity contribution >= 4 is 17.4 Å². The summed E-state index contributed by atoms with van der Waals surface area (Å²) in [4.78, 5) is 7.30. The molecule has 2 atom stereocenters. The molecule has 96 valence electrons. The summed E-state index contributed by atoms with van der Waals surface area (Å²) in [5.41, 5.74) is -0.252. The number of rotatable bonds is 3. The molecular formula is C11H17ClFN3O. The SMILES string of the molecule is C[C@H](O)C(Nc1nc(Cl)ncc1F)C(C)(C)C. The van der Waals surface area contributed by atoms with Crippen molar-refractivity contribution in [2.24, 2.45) is 5.41 Å². The molecule has 0 saturated carbocycles. The summed E-state index contributed by atoms with van der Waals surface area (Å²) in [5, 5.41) is 12.5. The Balaban J connectivity index is 2.98. The van der Waals surface area contributed by atoms with Crippen molar-refractivity contribution in [2.75, 3.05) is 5.32 Å². The molecule has 0 spiro atoms. The highest BCUT2D eigenvalue weighted by Crippen LogP contribution is 2.26. The summed E-state index contributed by atoms with van der Waals surface area (Å²) >= 11 is 5.60. The number of aromatic nitrogens is 2. The molecule has 0 bridgehead atoms. The molecule has 1 rings (SSSR count). The molecule has 0 aromatic carbocycles. The van der Waals surface area contributed by atoms with Crippen molar-refractivity contribution in [1.82, 2.24) is 9.97 Å². The number of aliphatic hydroxyl groups excluding tert-OH is 1. The summed E-state index contributed by atoms with van der Waals surface area (Å²) < 4.78 is 13.5. The summed E-state index contributed by atoms with van der Waals surface area (Å²) in [7, 11) is 0. The molecule has 0 aliphatic rings. The van der Waals surface area contributed by atoms with Crippen LogP contribution in [0.3, 0.4) is 0 Å². The molecule has 17 heavy (non-hydrogen) atoms. The van der Waals surface area contributed by atoms with Crippen molar-refractivity contribution in [3.05, 3.63) is 17.3 Å². The van der Waals surface area contributed by atoms with Crippen LogP contribution in [0.4, 0.5) is 10.2 Å². The van der Waals surface area contributed by atoms with E-state index in [1.165, 1.54) is 0 Å². The average Bonchev–Trinajstić information content (AvgIpc) is 2.17. The van der Waals surface area contributed by atoms with Gasteiger partial charge in [-0.3, -0.25) is 0 Å². The quantitative estimate of drug-likeness (QED) is 0.821. The Bertz CT molecular complexity index is 393. The van der Waals surface area contributed by atoms with Crippen LogP contribution in [0.2, 0.25) is 5.28 Å². The smallest absolute Gasteiger partial charge is 0.224 e. The molecule has 1 aromatic heterocycles. The molecule has 1 aromatic rings. The molecule has 6 heteroatoms. The molecule has 0 saturated heterocycles. The Labute approximate surface area is 105 Å². The van der Waals surface area contributed by atoms with Crippen LogP contribution in [0.15, 0.2) is 6.20 Å².